The Morgan fingerprint density at radius 3 is 2.49 bits per heavy atom. The topological polar surface area (TPSA) is 98.6 Å². The van der Waals surface area contributed by atoms with Gasteiger partial charge in [0.1, 0.15) is 18.1 Å². The number of aliphatic hydroxyl groups is 1. The Hall–Kier alpha value is -0.960. The summed E-state index contributed by atoms with van der Waals surface area (Å²) in [6, 6.07) is 4.13. The Kier molecular flexibility index (Phi) is 10.7. The summed E-state index contributed by atoms with van der Waals surface area (Å²) in [6.07, 6.45) is 2.39. The first-order valence-electron chi connectivity index (χ1n) is 11.4. The molecule has 1 spiro atoms. The number of ether oxygens (including phenoxy) is 3. The van der Waals surface area contributed by atoms with Crippen molar-refractivity contribution in [3.8, 4) is 5.75 Å². The molecule has 0 aliphatic carbocycles. The van der Waals surface area contributed by atoms with Crippen molar-refractivity contribution in [2.24, 2.45) is 5.16 Å². The molecule has 13 heteroatoms. The standard InChI is InChI=1S/C24H29Br4N3O6/c1-31(2,3)8-6-14-10-15(25)21(16(26)11-14)35-9-5-7-29-23(33)19-22(32)24(37-30-19)12-17(27)20(34-4)18(28)13-36-24/h10-13,20,22,32H,5-9H2,1-4H3/p+1/t20?,22-,24-/m0/s1. The van der Waals surface area contributed by atoms with E-state index in [-0.39, 0.29) is 5.71 Å². The second-order valence-electron chi connectivity index (χ2n) is 9.57. The minimum absolute atomic E-state index is 0.187. The Morgan fingerprint density at radius 2 is 1.86 bits per heavy atom. The van der Waals surface area contributed by atoms with Crippen LogP contribution in [-0.2, 0) is 25.5 Å². The molecule has 0 radical (unpaired) electrons. The van der Waals surface area contributed by atoms with Crippen LogP contribution in [0, 0.1) is 0 Å². The number of amides is 1. The van der Waals surface area contributed by atoms with Gasteiger partial charge in [-0.1, -0.05) is 21.1 Å². The van der Waals surface area contributed by atoms with Crippen molar-refractivity contribution in [2.45, 2.75) is 30.8 Å². The van der Waals surface area contributed by atoms with Crippen LogP contribution in [0.1, 0.15) is 12.0 Å². The Bertz CT molecular complexity index is 1080. The molecule has 1 unspecified atom stereocenters. The van der Waals surface area contributed by atoms with Crippen LogP contribution in [0.2, 0.25) is 0 Å². The quantitative estimate of drug-likeness (QED) is 0.271. The zero-order chi connectivity index (χ0) is 27.4. The summed E-state index contributed by atoms with van der Waals surface area (Å²) < 4.78 is 20.7. The van der Waals surface area contributed by atoms with E-state index in [9.17, 15) is 9.90 Å². The lowest BCUT2D eigenvalue weighted by Crippen LogP contribution is -2.48. The lowest BCUT2D eigenvalue weighted by atomic mass is 10.0. The van der Waals surface area contributed by atoms with Gasteiger partial charge in [0.15, 0.2) is 11.8 Å². The number of benzene rings is 1. The molecule has 2 heterocycles. The highest BCUT2D eigenvalue weighted by Gasteiger charge is 2.52. The fourth-order valence-electron chi connectivity index (χ4n) is 3.53. The molecule has 1 amide bonds. The Balaban J connectivity index is 1.49. The summed E-state index contributed by atoms with van der Waals surface area (Å²) in [5.41, 5.74) is 1.02. The number of carbonyl (C=O) groups is 1. The third kappa shape index (κ3) is 7.80. The third-order valence-electron chi connectivity index (χ3n) is 5.57. The van der Waals surface area contributed by atoms with E-state index in [0.717, 1.165) is 26.4 Å². The molecule has 204 valence electrons. The number of likely N-dealkylation sites (N-methyl/N-ethyl adjacent to an activating group) is 1. The molecule has 0 bridgehead atoms. The lowest BCUT2D eigenvalue weighted by molar-refractivity contribution is -0.870. The predicted octanol–water partition coefficient (Wildman–Crippen LogP) is 4.35. The van der Waals surface area contributed by atoms with Crippen molar-refractivity contribution in [1.29, 1.82) is 0 Å². The number of halogens is 4. The van der Waals surface area contributed by atoms with Gasteiger partial charge in [0.25, 0.3) is 5.91 Å². The fourth-order valence-corrected chi connectivity index (χ4v) is 6.63. The first-order chi connectivity index (χ1) is 17.4. The molecule has 1 aromatic rings. The van der Waals surface area contributed by atoms with Gasteiger partial charge < -0.3 is 34.0 Å². The zero-order valence-corrected chi connectivity index (χ0v) is 27.2. The van der Waals surface area contributed by atoms with Gasteiger partial charge in [0.05, 0.1) is 47.7 Å². The molecule has 2 N–H and O–H groups in total. The van der Waals surface area contributed by atoms with Crippen molar-refractivity contribution < 1.29 is 33.4 Å². The van der Waals surface area contributed by atoms with E-state index in [2.05, 4.69) is 107 Å². The van der Waals surface area contributed by atoms with Crippen LogP contribution in [0.3, 0.4) is 0 Å². The van der Waals surface area contributed by atoms with E-state index in [1.165, 1.54) is 25.0 Å². The fraction of sp³-hybridized carbons (Fsp3) is 0.500. The number of hydrogen-bond donors (Lipinski definition) is 2. The Labute approximate surface area is 250 Å². The normalized spacial score (nSPS) is 23.4. The number of methoxy groups -OCH3 is 1. The van der Waals surface area contributed by atoms with Gasteiger partial charge in [0, 0.05) is 30.6 Å². The predicted molar refractivity (Wildman–Crippen MR) is 155 cm³/mol. The minimum Gasteiger partial charge on any atom is -0.491 e. The lowest BCUT2D eigenvalue weighted by Gasteiger charge is -2.25. The highest BCUT2D eigenvalue weighted by Crippen LogP contribution is 2.38. The smallest absolute Gasteiger partial charge is 0.327 e. The summed E-state index contributed by atoms with van der Waals surface area (Å²) in [4.78, 5) is 18.0. The molecule has 9 nitrogen and oxygen atoms in total. The average molecular weight is 776 g/mol. The highest BCUT2D eigenvalue weighted by molar-refractivity contribution is 9.12. The second-order valence-corrected chi connectivity index (χ2v) is 13.1. The second kappa shape index (κ2) is 12.9. The molecule has 3 rings (SSSR count). The van der Waals surface area contributed by atoms with Crippen LogP contribution in [-0.4, -0.2) is 87.2 Å². The molecule has 2 aliphatic heterocycles. The van der Waals surface area contributed by atoms with Crippen LogP contribution in [0.25, 0.3) is 0 Å². The average Bonchev–Trinajstić information content (AvgIpc) is 3.06. The third-order valence-corrected chi connectivity index (χ3v) is 8.00. The van der Waals surface area contributed by atoms with Gasteiger partial charge >= 0.3 is 5.79 Å². The molecule has 2 aliphatic rings. The van der Waals surface area contributed by atoms with Crippen LogP contribution in [0.5, 0.6) is 5.75 Å². The van der Waals surface area contributed by atoms with Gasteiger partial charge in [-0.3, -0.25) is 4.79 Å². The number of oxime groups is 1. The van der Waals surface area contributed by atoms with E-state index >= 15 is 0 Å². The van der Waals surface area contributed by atoms with E-state index < -0.39 is 23.9 Å². The van der Waals surface area contributed by atoms with Gasteiger partial charge in [-0.2, -0.15) is 0 Å². The number of quaternary nitrogens is 1. The Morgan fingerprint density at radius 1 is 1.19 bits per heavy atom. The van der Waals surface area contributed by atoms with E-state index in [0.29, 0.717) is 34.3 Å². The number of nitrogens with one attached hydrogen (secondary N) is 1. The number of rotatable bonds is 10. The molecule has 0 saturated heterocycles. The van der Waals surface area contributed by atoms with Crippen LogP contribution in [0.4, 0.5) is 0 Å². The van der Waals surface area contributed by atoms with Gasteiger partial charge in [0.2, 0.25) is 0 Å². The van der Waals surface area contributed by atoms with E-state index in [1.807, 2.05) is 0 Å². The molecule has 0 aromatic heterocycles. The minimum atomic E-state index is -1.68. The van der Waals surface area contributed by atoms with Crippen LogP contribution < -0.4 is 10.1 Å². The summed E-state index contributed by atoms with van der Waals surface area (Å²) in [5.74, 6) is -1.53. The van der Waals surface area contributed by atoms with Crippen LogP contribution >= 0.6 is 63.7 Å². The monoisotopic (exact) mass is 772 g/mol. The maximum absolute atomic E-state index is 12.7. The maximum Gasteiger partial charge on any atom is 0.327 e. The largest absolute Gasteiger partial charge is 0.491 e. The molecule has 37 heavy (non-hydrogen) atoms. The molecular weight excluding hydrogens is 746 g/mol. The van der Waals surface area contributed by atoms with Crippen molar-refractivity contribution in [3.63, 3.8) is 0 Å². The molecule has 0 saturated carbocycles. The first-order valence-corrected chi connectivity index (χ1v) is 14.6. The van der Waals surface area contributed by atoms with Gasteiger partial charge in [-0.15, -0.1) is 0 Å². The van der Waals surface area contributed by atoms with Crippen molar-refractivity contribution in [1.82, 2.24) is 5.32 Å². The maximum atomic E-state index is 12.7. The number of nitrogens with zero attached hydrogens (tertiary/aromatic N) is 2. The number of hydrogen-bond acceptors (Lipinski definition) is 7. The van der Waals surface area contributed by atoms with Gasteiger partial charge in [-0.25, -0.2) is 0 Å². The number of carbonyl (C=O) groups excluding carboxylic acids is 1. The summed E-state index contributed by atoms with van der Waals surface area (Å²) in [7, 11) is 8.03. The summed E-state index contributed by atoms with van der Waals surface area (Å²) >= 11 is 14.0. The SMILES string of the molecule is COC1C(Br)=CO[C@@]2(C=C1Br)ON=C(C(=O)NCCCOc1c(Br)cc(CC[N+](C)(C)C)cc1Br)[C@@H]2O. The number of aliphatic hydroxyl groups excluding tert-OH is 1. The first kappa shape index (κ1) is 30.6. The van der Waals surface area contributed by atoms with Gasteiger partial charge in [-0.05, 0) is 71.9 Å². The molecule has 1 aromatic carbocycles. The zero-order valence-electron chi connectivity index (χ0n) is 20.9. The van der Waals surface area contributed by atoms with Crippen molar-refractivity contribution in [3.05, 3.63) is 47.9 Å². The van der Waals surface area contributed by atoms with Crippen molar-refractivity contribution >= 4 is 75.3 Å². The highest BCUT2D eigenvalue weighted by atomic mass is 79.9. The summed E-state index contributed by atoms with van der Waals surface area (Å²) in [5, 5.41) is 17.3. The summed E-state index contributed by atoms with van der Waals surface area (Å²) in [6.45, 7) is 1.71. The molecule has 3 atom stereocenters. The van der Waals surface area contributed by atoms with E-state index in [1.54, 1.807) is 0 Å². The van der Waals surface area contributed by atoms with Crippen LogP contribution in [0.15, 0.2) is 47.5 Å². The molecular formula is C24H30Br4N3O6+. The van der Waals surface area contributed by atoms with E-state index in [4.69, 9.17) is 19.0 Å². The van der Waals surface area contributed by atoms with Crippen molar-refractivity contribution in [2.75, 3.05) is 47.9 Å². The molecule has 0 fully saturated rings.